The smallest absolute Gasteiger partial charge is 0.262 e. The van der Waals surface area contributed by atoms with E-state index in [1.807, 2.05) is 18.2 Å². The van der Waals surface area contributed by atoms with Crippen molar-refractivity contribution in [2.24, 2.45) is 5.73 Å². The summed E-state index contributed by atoms with van der Waals surface area (Å²) in [6, 6.07) is 10.8. The lowest BCUT2D eigenvalue weighted by atomic mass is 10.2. The van der Waals surface area contributed by atoms with E-state index < -0.39 is 0 Å². The van der Waals surface area contributed by atoms with E-state index in [0.29, 0.717) is 58.7 Å². The molecule has 0 aliphatic rings. The fourth-order valence-corrected chi connectivity index (χ4v) is 4.01. The van der Waals surface area contributed by atoms with Crippen LogP contribution in [0.4, 0.5) is 0 Å². The van der Waals surface area contributed by atoms with Gasteiger partial charge in [0.2, 0.25) is 17.6 Å². The van der Waals surface area contributed by atoms with Gasteiger partial charge >= 0.3 is 0 Å². The first-order valence-electron chi connectivity index (χ1n) is 9.89. The highest BCUT2D eigenvalue weighted by Crippen LogP contribution is 2.24. The highest BCUT2D eigenvalue weighted by molar-refractivity contribution is 7.98. The third kappa shape index (κ3) is 5.02. The van der Waals surface area contributed by atoms with Gasteiger partial charge in [-0.15, -0.1) is 0 Å². The molecule has 0 unspecified atom stereocenters. The summed E-state index contributed by atoms with van der Waals surface area (Å²) in [4.78, 5) is 33.0. The van der Waals surface area contributed by atoms with Crippen molar-refractivity contribution < 1.29 is 13.7 Å². The molecule has 160 valence electrons. The fourth-order valence-electron chi connectivity index (χ4n) is 3.15. The first kappa shape index (κ1) is 20.9. The highest BCUT2D eigenvalue weighted by Gasteiger charge is 2.15. The van der Waals surface area contributed by atoms with Crippen molar-refractivity contribution in [2.45, 2.75) is 43.1 Å². The van der Waals surface area contributed by atoms with E-state index >= 15 is 0 Å². The van der Waals surface area contributed by atoms with Crippen molar-refractivity contribution in [1.29, 1.82) is 0 Å². The Hall–Kier alpha value is -3.40. The maximum Gasteiger partial charge on any atom is 0.262 e. The summed E-state index contributed by atoms with van der Waals surface area (Å²) >= 11 is 1.36. The van der Waals surface area contributed by atoms with Gasteiger partial charge in [-0.25, -0.2) is 4.98 Å². The van der Waals surface area contributed by atoms with Gasteiger partial charge in [0.05, 0.1) is 22.9 Å². The van der Waals surface area contributed by atoms with Crippen molar-refractivity contribution in [3.05, 3.63) is 58.9 Å². The molecule has 0 aliphatic carbocycles. The van der Waals surface area contributed by atoms with E-state index in [4.69, 9.17) is 14.7 Å². The van der Waals surface area contributed by atoms with Crippen LogP contribution in [-0.4, -0.2) is 25.6 Å². The van der Waals surface area contributed by atoms with Crippen molar-refractivity contribution in [3.8, 4) is 11.6 Å². The van der Waals surface area contributed by atoms with Crippen LogP contribution in [-0.2, 0) is 17.1 Å². The Labute approximate surface area is 181 Å². The number of hydrogen-bond acceptors (Lipinski definition) is 8. The van der Waals surface area contributed by atoms with Crippen LogP contribution in [0.1, 0.15) is 31.6 Å². The van der Waals surface area contributed by atoms with Crippen molar-refractivity contribution >= 4 is 28.6 Å². The van der Waals surface area contributed by atoms with E-state index in [1.54, 1.807) is 29.0 Å². The molecule has 3 heterocycles. The number of carbonyl (C=O) groups is 1. The molecule has 4 rings (SSSR count). The minimum absolute atomic E-state index is 0.0928. The molecular weight excluding hydrogens is 418 g/mol. The van der Waals surface area contributed by atoms with E-state index in [9.17, 15) is 9.59 Å². The quantitative estimate of drug-likeness (QED) is 0.226. The number of nitrogens with zero attached hydrogens (tertiary/aromatic N) is 4. The zero-order valence-electron chi connectivity index (χ0n) is 16.7. The lowest BCUT2D eigenvalue weighted by Crippen LogP contribution is -2.23. The maximum absolute atomic E-state index is 13.1. The molecule has 0 fully saturated rings. The molecule has 0 radical (unpaired) electrons. The van der Waals surface area contributed by atoms with Crippen molar-refractivity contribution in [3.63, 3.8) is 0 Å². The highest BCUT2D eigenvalue weighted by atomic mass is 32.2. The molecule has 10 heteroatoms. The van der Waals surface area contributed by atoms with Gasteiger partial charge < -0.3 is 14.7 Å². The molecule has 0 aliphatic heterocycles. The second-order valence-electron chi connectivity index (χ2n) is 6.92. The van der Waals surface area contributed by atoms with Gasteiger partial charge in [0, 0.05) is 13.0 Å². The Morgan fingerprint density at radius 2 is 1.97 bits per heavy atom. The van der Waals surface area contributed by atoms with Gasteiger partial charge in [0.15, 0.2) is 10.9 Å². The minimum Gasteiger partial charge on any atom is -0.461 e. The number of furan rings is 1. The molecule has 4 aromatic rings. The van der Waals surface area contributed by atoms with Gasteiger partial charge in [-0.1, -0.05) is 35.5 Å². The number of fused-ring (bicyclic) bond motifs is 1. The molecule has 2 N–H and O–H groups in total. The fraction of sp³-hybridized carbons (Fsp3) is 0.286. The normalized spacial score (nSPS) is 11.2. The average Bonchev–Trinajstić information content (AvgIpc) is 3.45. The van der Waals surface area contributed by atoms with Gasteiger partial charge in [-0.05, 0) is 37.1 Å². The lowest BCUT2D eigenvalue weighted by molar-refractivity contribution is -0.118. The van der Waals surface area contributed by atoms with Gasteiger partial charge in [0.1, 0.15) is 0 Å². The molecule has 0 saturated heterocycles. The summed E-state index contributed by atoms with van der Waals surface area (Å²) in [7, 11) is 0. The topological polar surface area (TPSA) is 130 Å². The van der Waals surface area contributed by atoms with Crippen LogP contribution in [0.25, 0.3) is 22.5 Å². The zero-order valence-corrected chi connectivity index (χ0v) is 17.5. The third-order valence-corrected chi connectivity index (χ3v) is 5.63. The number of hydrogen-bond donors (Lipinski definition) is 1. The van der Waals surface area contributed by atoms with Gasteiger partial charge in [-0.2, -0.15) is 4.98 Å². The van der Waals surface area contributed by atoms with Gasteiger partial charge in [0.25, 0.3) is 5.56 Å². The first-order chi connectivity index (χ1) is 15.1. The molecule has 9 nitrogen and oxygen atoms in total. The first-order valence-corrected chi connectivity index (χ1v) is 10.9. The Morgan fingerprint density at radius 1 is 1.10 bits per heavy atom. The SMILES string of the molecule is NC(=O)CCCCCn1c(SCc2nc(-c3ccco3)no2)nc2ccccc2c1=O. The summed E-state index contributed by atoms with van der Waals surface area (Å²) in [6.45, 7) is 0.499. The summed E-state index contributed by atoms with van der Waals surface area (Å²) in [5, 5.41) is 5.08. The molecule has 0 atom stereocenters. The molecule has 1 aromatic carbocycles. The minimum atomic E-state index is -0.311. The predicted octanol–water partition coefficient (Wildman–Crippen LogP) is 3.38. The Morgan fingerprint density at radius 3 is 2.77 bits per heavy atom. The standard InChI is InChI=1S/C21H21N5O4S/c22-17(27)10-2-1-5-11-26-20(28)14-7-3-4-8-15(14)23-21(26)31-13-18-24-19(25-30-18)16-9-6-12-29-16/h3-4,6-9,12H,1-2,5,10-11,13H2,(H2,22,27). The summed E-state index contributed by atoms with van der Waals surface area (Å²) in [6.07, 6.45) is 4.13. The average molecular weight is 439 g/mol. The molecular formula is C21H21N5O4S. The molecule has 3 aromatic heterocycles. The Kier molecular flexibility index (Phi) is 6.46. The van der Waals surface area contributed by atoms with Crippen LogP contribution in [0.5, 0.6) is 0 Å². The summed E-state index contributed by atoms with van der Waals surface area (Å²) in [5.74, 6) is 1.36. The van der Waals surface area contributed by atoms with Crippen LogP contribution >= 0.6 is 11.8 Å². The largest absolute Gasteiger partial charge is 0.461 e. The number of rotatable bonds is 10. The molecule has 31 heavy (non-hydrogen) atoms. The number of amides is 1. The third-order valence-electron chi connectivity index (χ3n) is 4.67. The summed E-state index contributed by atoms with van der Waals surface area (Å²) < 4.78 is 12.2. The number of para-hydroxylation sites is 1. The van der Waals surface area contributed by atoms with Gasteiger partial charge in [-0.3, -0.25) is 14.2 Å². The number of benzene rings is 1. The van der Waals surface area contributed by atoms with Crippen LogP contribution < -0.4 is 11.3 Å². The molecule has 0 spiro atoms. The maximum atomic E-state index is 13.1. The predicted molar refractivity (Wildman–Crippen MR) is 115 cm³/mol. The second-order valence-corrected chi connectivity index (χ2v) is 7.87. The summed E-state index contributed by atoms with van der Waals surface area (Å²) in [5.41, 5.74) is 5.74. The van der Waals surface area contributed by atoms with E-state index in [-0.39, 0.29) is 11.5 Å². The number of unbranched alkanes of at least 4 members (excludes halogenated alkanes) is 2. The Bertz CT molecular complexity index is 1230. The number of thioether (sulfide) groups is 1. The number of primary amides is 1. The van der Waals surface area contributed by atoms with E-state index in [2.05, 4.69) is 15.1 Å². The lowest BCUT2D eigenvalue weighted by Gasteiger charge is -2.12. The van der Waals surface area contributed by atoms with Crippen LogP contribution in [0.3, 0.4) is 0 Å². The van der Waals surface area contributed by atoms with E-state index in [1.165, 1.54) is 11.8 Å². The Balaban J connectivity index is 1.52. The molecule has 1 amide bonds. The monoisotopic (exact) mass is 439 g/mol. The second kappa shape index (κ2) is 9.61. The number of carbonyl (C=O) groups excluding carboxylic acids is 1. The van der Waals surface area contributed by atoms with Crippen molar-refractivity contribution in [1.82, 2.24) is 19.7 Å². The van der Waals surface area contributed by atoms with Crippen LogP contribution in [0.2, 0.25) is 0 Å². The van der Waals surface area contributed by atoms with Crippen LogP contribution in [0.15, 0.2) is 61.6 Å². The molecule has 0 bridgehead atoms. The van der Waals surface area contributed by atoms with E-state index in [0.717, 1.165) is 12.8 Å². The zero-order chi connectivity index (χ0) is 21.6. The number of aromatic nitrogens is 4. The number of nitrogens with two attached hydrogens (primary N) is 1. The molecule has 0 saturated carbocycles. The van der Waals surface area contributed by atoms with Crippen molar-refractivity contribution in [2.75, 3.05) is 0 Å². The van der Waals surface area contributed by atoms with Crippen LogP contribution in [0, 0.1) is 0 Å².